The third-order valence-electron chi connectivity index (χ3n) is 2.97. The van der Waals surface area contributed by atoms with Crippen LogP contribution in [0.25, 0.3) is 6.08 Å². The van der Waals surface area contributed by atoms with Gasteiger partial charge in [-0.3, -0.25) is 10.1 Å². The number of hydrogen-bond donors (Lipinski definition) is 1. The lowest BCUT2D eigenvalue weighted by atomic mass is 10.1. The van der Waals surface area contributed by atoms with E-state index in [9.17, 15) is 18.5 Å². The Labute approximate surface area is 178 Å². The number of benzene rings is 1. The maximum absolute atomic E-state index is 12.3. The van der Waals surface area contributed by atoms with Gasteiger partial charge in [-0.05, 0) is 46.0 Å². The molecule has 1 heterocycles. The number of anilines is 1. The van der Waals surface area contributed by atoms with Gasteiger partial charge in [0.1, 0.15) is 11.6 Å². The van der Waals surface area contributed by atoms with E-state index in [1.165, 1.54) is 37.1 Å². The number of thioether (sulfide) groups is 1. The van der Waals surface area contributed by atoms with Crippen molar-refractivity contribution in [3.05, 3.63) is 27.7 Å². The maximum Gasteiger partial charge on any atom is 0.306 e. The molecule has 0 unspecified atom stereocenters. The highest BCUT2D eigenvalue weighted by molar-refractivity contribution is 9.10. The van der Waals surface area contributed by atoms with Crippen molar-refractivity contribution in [2.24, 2.45) is 0 Å². The van der Waals surface area contributed by atoms with Gasteiger partial charge in [0, 0.05) is 11.5 Å². The molecule has 1 amide bonds. The highest BCUT2D eigenvalue weighted by Crippen LogP contribution is 2.38. The Morgan fingerprint density at radius 3 is 2.71 bits per heavy atom. The highest BCUT2D eigenvalue weighted by atomic mass is 79.9. The normalized spacial score (nSPS) is 11.6. The lowest BCUT2D eigenvalue weighted by Gasteiger charge is -2.11. The first-order valence-corrected chi connectivity index (χ1v) is 11.9. The Hall–Kier alpha value is -2.14. The zero-order chi connectivity index (χ0) is 20.9. The molecule has 0 aliphatic carbocycles. The molecule has 0 aliphatic rings. The van der Waals surface area contributed by atoms with Crippen LogP contribution in [0.15, 0.2) is 27.3 Å². The SMILES string of the molecule is COc1cc(/C=C(/C#N)C(=O)Nc2nc(SC)ns2)cc(Br)c1OS(C)(=O)=O. The van der Waals surface area contributed by atoms with E-state index in [0.717, 1.165) is 17.8 Å². The summed E-state index contributed by atoms with van der Waals surface area (Å²) in [5.41, 5.74) is 0.227. The minimum atomic E-state index is -3.78. The number of amides is 1. The van der Waals surface area contributed by atoms with E-state index >= 15 is 0 Å². The van der Waals surface area contributed by atoms with Crippen molar-refractivity contribution in [1.82, 2.24) is 9.36 Å². The molecule has 0 aliphatic heterocycles. The molecule has 148 valence electrons. The summed E-state index contributed by atoms with van der Waals surface area (Å²) >= 11 is 5.53. The molecule has 1 N–H and O–H groups in total. The van der Waals surface area contributed by atoms with Crippen LogP contribution in [0, 0.1) is 11.3 Å². The van der Waals surface area contributed by atoms with Crippen LogP contribution in [-0.2, 0) is 14.9 Å². The van der Waals surface area contributed by atoms with Crippen LogP contribution in [-0.4, -0.2) is 43.3 Å². The fourth-order valence-electron chi connectivity index (χ4n) is 1.88. The third-order valence-corrected chi connectivity index (χ3v) is 5.33. The van der Waals surface area contributed by atoms with Crippen LogP contribution in [0.5, 0.6) is 11.5 Å². The second kappa shape index (κ2) is 9.37. The summed E-state index contributed by atoms with van der Waals surface area (Å²) < 4.78 is 37.1. The number of halogens is 1. The van der Waals surface area contributed by atoms with Crippen LogP contribution in [0.1, 0.15) is 5.56 Å². The first-order chi connectivity index (χ1) is 13.2. The second-order valence-electron chi connectivity index (χ2n) is 5.03. The number of carbonyl (C=O) groups excluding carboxylic acids is 1. The summed E-state index contributed by atoms with van der Waals surface area (Å²) in [6.45, 7) is 0. The van der Waals surface area contributed by atoms with E-state index in [0.29, 0.717) is 10.7 Å². The van der Waals surface area contributed by atoms with Gasteiger partial charge in [0.2, 0.25) is 10.3 Å². The minimum Gasteiger partial charge on any atom is -0.493 e. The molecule has 1 aromatic heterocycles. The Morgan fingerprint density at radius 1 is 1.46 bits per heavy atom. The van der Waals surface area contributed by atoms with Crippen LogP contribution in [0.3, 0.4) is 0 Å². The first-order valence-electron chi connectivity index (χ1n) is 7.24. The molecule has 13 heteroatoms. The predicted molar refractivity (Wildman–Crippen MR) is 110 cm³/mol. The summed E-state index contributed by atoms with van der Waals surface area (Å²) in [7, 11) is -2.44. The smallest absolute Gasteiger partial charge is 0.306 e. The first kappa shape index (κ1) is 22.2. The fraction of sp³-hybridized carbons (Fsp3) is 0.200. The van der Waals surface area contributed by atoms with Gasteiger partial charge in [0.05, 0.1) is 17.8 Å². The zero-order valence-electron chi connectivity index (χ0n) is 14.7. The molecule has 2 aromatic rings. The van der Waals surface area contributed by atoms with Crippen molar-refractivity contribution in [3.63, 3.8) is 0 Å². The summed E-state index contributed by atoms with van der Waals surface area (Å²) in [4.78, 5) is 16.4. The Balaban J connectivity index is 2.34. The quantitative estimate of drug-likeness (QED) is 0.261. The molecule has 1 aromatic carbocycles. The Kier molecular flexibility index (Phi) is 7.41. The summed E-state index contributed by atoms with van der Waals surface area (Å²) in [6, 6.07) is 4.75. The van der Waals surface area contributed by atoms with Crippen LogP contribution < -0.4 is 14.2 Å². The average Bonchev–Trinajstić information content (AvgIpc) is 3.08. The van der Waals surface area contributed by atoms with Crippen molar-refractivity contribution in [2.75, 3.05) is 24.9 Å². The van der Waals surface area contributed by atoms with Crippen molar-refractivity contribution in [3.8, 4) is 17.6 Å². The van der Waals surface area contributed by atoms with E-state index in [1.807, 2.05) is 6.07 Å². The van der Waals surface area contributed by atoms with E-state index in [1.54, 1.807) is 6.26 Å². The number of rotatable bonds is 7. The third kappa shape index (κ3) is 5.93. The Bertz CT molecular complexity index is 1080. The second-order valence-corrected chi connectivity index (χ2v) is 8.99. The minimum absolute atomic E-state index is 0.0384. The van der Waals surface area contributed by atoms with Crippen molar-refractivity contribution >= 4 is 66.5 Å². The van der Waals surface area contributed by atoms with E-state index in [2.05, 4.69) is 30.6 Å². The molecule has 0 fully saturated rings. The molecule has 2 rings (SSSR count). The fourth-order valence-corrected chi connectivity index (χ4v) is 4.12. The number of aromatic nitrogens is 2. The average molecular weight is 505 g/mol. The summed E-state index contributed by atoms with van der Waals surface area (Å²) in [5, 5.41) is 12.6. The zero-order valence-corrected chi connectivity index (χ0v) is 18.8. The van der Waals surface area contributed by atoms with Crippen molar-refractivity contribution < 1.29 is 22.1 Å². The van der Waals surface area contributed by atoms with Crippen LogP contribution >= 0.6 is 39.2 Å². The molecule has 0 radical (unpaired) electrons. The molecular weight excluding hydrogens is 492 g/mol. The van der Waals surface area contributed by atoms with Gasteiger partial charge in [-0.1, -0.05) is 11.8 Å². The largest absolute Gasteiger partial charge is 0.493 e. The standard InChI is InChI=1S/C15H13BrN4O5S3/c1-24-11-6-8(5-10(16)12(11)25-28(3,22)23)4-9(7-17)13(21)18-14-19-15(26-2)20-27-14/h4-6H,1-3H3,(H,18,19,20,21)/b9-4-. The Morgan fingerprint density at radius 2 is 2.18 bits per heavy atom. The van der Waals surface area contributed by atoms with Gasteiger partial charge in [-0.25, -0.2) is 0 Å². The van der Waals surface area contributed by atoms with Gasteiger partial charge in [-0.2, -0.15) is 23.0 Å². The number of ether oxygens (including phenoxy) is 1. The monoisotopic (exact) mass is 504 g/mol. The number of nitriles is 1. The molecule has 9 nitrogen and oxygen atoms in total. The number of methoxy groups -OCH3 is 1. The molecule has 0 saturated carbocycles. The van der Waals surface area contributed by atoms with Gasteiger partial charge >= 0.3 is 10.1 Å². The number of carbonyl (C=O) groups is 1. The molecule has 0 bridgehead atoms. The van der Waals surface area contributed by atoms with Crippen molar-refractivity contribution in [2.45, 2.75) is 5.16 Å². The van der Waals surface area contributed by atoms with Gasteiger partial charge in [0.25, 0.3) is 5.91 Å². The lowest BCUT2D eigenvalue weighted by Crippen LogP contribution is -2.13. The molecule has 0 atom stereocenters. The number of nitrogens with one attached hydrogen (secondary N) is 1. The van der Waals surface area contributed by atoms with E-state index in [-0.39, 0.29) is 26.7 Å². The van der Waals surface area contributed by atoms with Gasteiger partial charge in [0.15, 0.2) is 11.5 Å². The maximum atomic E-state index is 12.3. The van der Waals surface area contributed by atoms with E-state index < -0.39 is 16.0 Å². The van der Waals surface area contributed by atoms with Gasteiger partial charge in [-0.15, -0.1) is 0 Å². The van der Waals surface area contributed by atoms with Crippen molar-refractivity contribution in [1.29, 1.82) is 5.26 Å². The van der Waals surface area contributed by atoms with Crippen LogP contribution in [0.2, 0.25) is 0 Å². The van der Waals surface area contributed by atoms with Crippen LogP contribution in [0.4, 0.5) is 5.13 Å². The lowest BCUT2D eigenvalue weighted by molar-refractivity contribution is -0.112. The molecular formula is C15H13BrN4O5S3. The predicted octanol–water partition coefficient (Wildman–Crippen LogP) is 2.92. The molecule has 0 spiro atoms. The molecule has 0 saturated heterocycles. The highest BCUT2D eigenvalue weighted by Gasteiger charge is 2.18. The summed E-state index contributed by atoms with van der Waals surface area (Å²) in [5.74, 6) is -0.584. The van der Waals surface area contributed by atoms with Gasteiger partial charge < -0.3 is 8.92 Å². The topological polar surface area (TPSA) is 131 Å². The summed E-state index contributed by atoms with van der Waals surface area (Å²) in [6.07, 6.45) is 4.03. The number of nitrogens with zero attached hydrogens (tertiary/aromatic N) is 3. The number of hydrogen-bond acceptors (Lipinski definition) is 10. The molecule has 28 heavy (non-hydrogen) atoms. The van der Waals surface area contributed by atoms with E-state index in [4.69, 9.17) is 8.92 Å².